The molecule has 1 aromatic carbocycles. The van der Waals surface area contributed by atoms with E-state index in [1.54, 1.807) is 30.4 Å². The highest BCUT2D eigenvalue weighted by molar-refractivity contribution is 7.99. The number of benzene rings is 1. The Morgan fingerprint density at radius 1 is 1.25 bits per heavy atom. The molecule has 0 saturated carbocycles. The molecule has 1 atom stereocenters. The van der Waals surface area contributed by atoms with E-state index in [1.165, 1.54) is 0 Å². The lowest BCUT2D eigenvalue weighted by Gasteiger charge is -2.32. The summed E-state index contributed by atoms with van der Waals surface area (Å²) < 4.78 is 0. The van der Waals surface area contributed by atoms with E-state index in [2.05, 4.69) is 15.3 Å². The van der Waals surface area contributed by atoms with Crippen molar-refractivity contribution in [2.45, 2.75) is 17.0 Å². The standard InChI is InChI=1S/C15H19N3OS/c1-16-15(12-19,13-5-3-2-4-6-13)7-10-20-14-11-17-8-9-18-14/h2-6,8-9,11,16,19H,7,10,12H2,1H3. The van der Waals surface area contributed by atoms with Crippen LogP contribution >= 0.6 is 11.8 Å². The van der Waals surface area contributed by atoms with Crippen LogP contribution in [-0.4, -0.2) is 34.5 Å². The summed E-state index contributed by atoms with van der Waals surface area (Å²) >= 11 is 1.65. The Hall–Kier alpha value is -1.43. The number of nitrogens with one attached hydrogen (secondary N) is 1. The summed E-state index contributed by atoms with van der Waals surface area (Å²) in [5.41, 5.74) is 0.695. The summed E-state index contributed by atoms with van der Waals surface area (Å²) in [4.78, 5) is 8.29. The Bertz CT molecular complexity index is 503. The number of aliphatic hydroxyl groups excluding tert-OH is 1. The average Bonchev–Trinajstić information content (AvgIpc) is 2.54. The number of nitrogens with zero attached hydrogens (tertiary/aromatic N) is 2. The first-order valence-corrected chi connectivity index (χ1v) is 7.53. The van der Waals surface area contributed by atoms with Gasteiger partial charge in [-0.2, -0.15) is 0 Å². The van der Waals surface area contributed by atoms with Crippen LogP contribution in [0.15, 0.2) is 53.9 Å². The van der Waals surface area contributed by atoms with E-state index in [0.29, 0.717) is 0 Å². The van der Waals surface area contributed by atoms with E-state index >= 15 is 0 Å². The lowest BCUT2D eigenvalue weighted by molar-refractivity contribution is 0.165. The Morgan fingerprint density at radius 2 is 2.05 bits per heavy atom. The predicted octanol–water partition coefficient (Wildman–Crippen LogP) is 2.07. The summed E-state index contributed by atoms with van der Waals surface area (Å²) in [5.74, 6) is 0.856. The van der Waals surface area contributed by atoms with Gasteiger partial charge in [0.2, 0.25) is 0 Å². The molecule has 1 unspecified atom stereocenters. The van der Waals surface area contributed by atoms with Gasteiger partial charge >= 0.3 is 0 Å². The molecule has 4 nitrogen and oxygen atoms in total. The first-order chi connectivity index (χ1) is 9.80. The molecule has 0 saturated heterocycles. The van der Waals surface area contributed by atoms with E-state index in [0.717, 1.165) is 22.8 Å². The molecule has 2 aromatic rings. The van der Waals surface area contributed by atoms with E-state index in [1.807, 2.05) is 37.4 Å². The highest BCUT2D eigenvalue weighted by atomic mass is 32.2. The van der Waals surface area contributed by atoms with Crippen LogP contribution in [0.2, 0.25) is 0 Å². The maximum atomic E-state index is 9.83. The SMILES string of the molecule is CNC(CO)(CCSc1cnccn1)c1ccccc1. The van der Waals surface area contributed by atoms with Gasteiger partial charge in [-0.15, -0.1) is 11.8 Å². The van der Waals surface area contributed by atoms with Gasteiger partial charge < -0.3 is 10.4 Å². The minimum Gasteiger partial charge on any atom is -0.394 e. The highest BCUT2D eigenvalue weighted by Crippen LogP contribution is 2.27. The van der Waals surface area contributed by atoms with Gasteiger partial charge in [0.15, 0.2) is 0 Å². The first kappa shape index (κ1) is 15.0. The lowest BCUT2D eigenvalue weighted by atomic mass is 9.88. The number of likely N-dealkylation sites (N-methyl/N-ethyl adjacent to an activating group) is 1. The van der Waals surface area contributed by atoms with Gasteiger partial charge in [0.25, 0.3) is 0 Å². The summed E-state index contributed by atoms with van der Waals surface area (Å²) in [5, 5.41) is 14.0. The van der Waals surface area contributed by atoms with Crippen LogP contribution < -0.4 is 5.32 Å². The third-order valence-electron chi connectivity index (χ3n) is 3.39. The number of aliphatic hydroxyl groups is 1. The molecule has 1 aromatic heterocycles. The monoisotopic (exact) mass is 289 g/mol. The third kappa shape index (κ3) is 3.56. The molecule has 5 heteroatoms. The normalized spacial score (nSPS) is 13.9. The third-order valence-corrected chi connectivity index (χ3v) is 4.31. The molecule has 2 N–H and O–H groups in total. The Morgan fingerprint density at radius 3 is 2.65 bits per heavy atom. The molecule has 0 radical (unpaired) electrons. The first-order valence-electron chi connectivity index (χ1n) is 6.55. The quantitative estimate of drug-likeness (QED) is 0.764. The topological polar surface area (TPSA) is 58.0 Å². The minimum atomic E-state index is -0.406. The highest BCUT2D eigenvalue weighted by Gasteiger charge is 2.29. The molecule has 20 heavy (non-hydrogen) atoms. The van der Waals surface area contributed by atoms with Crippen LogP contribution in [-0.2, 0) is 5.54 Å². The van der Waals surface area contributed by atoms with Crippen LogP contribution in [0.25, 0.3) is 0 Å². The summed E-state index contributed by atoms with van der Waals surface area (Å²) in [7, 11) is 1.89. The molecule has 2 rings (SSSR count). The molecule has 106 valence electrons. The van der Waals surface area contributed by atoms with Crippen LogP contribution in [0, 0.1) is 0 Å². The zero-order valence-electron chi connectivity index (χ0n) is 11.5. The van der Waals surface area contributed by atoms with E-state index in [4.69, 9.17) is 0 Å². The summed E-state index contributed by atoms with van der Waals surface area (Å²) in [6, 6.07) is 10.1. The van der Waals surface area contributed by atoms with Gasteiger partial charge in [0.05, 0.1) is 18.3 Å². The fraction of sp³-hybridized carbons (Fsp3) is 0.333. The molecule has 0 aliphatic carbocycles. The minimum absolute atomic E-state index is 0.0640. The van der Waals surface area contributed by atoms with Gasteiger partial charge in [0.1, 0.15) is 5.03 Å². The molecule has 0 fully saturated rings. The maximum absolute atomic E-state index is 9.83. The zero-order chi connectivity index (χ0) is 14.3. The second-order valence-electron chi connectivity index (χ2n) is 4.50. The van der Waals surface area contributed by atoms with Crippen LogP contribution in [0.3, 0.4) is 0 Å². The Balaban J connectivity index is 2.03. The van der Waals surface area contributed by atoms with E-state index in [9.17, 15) is 5.11 Å². The van der Waals surface area contributed by atoms with Gasteiger partial charge in [-0.3, -0.25) is 4.98 Å². The van der Waals surface area contributed by atoms with Crippen molar-refractivity contribution < 1.29 is 5.11 Å². The predicted molar refractivity (Wildman–Crippen MR) is 81.6 cm³/mol. The summed E-state index contributed by atoms with van der Waals surface area (Å²) in [6.45, 7) is 0.0640. The van der Waals surface area contributed by atoms with Gasteiger partial charge in [-0.05, 0) is 19.0 Å². The molecule has 1 heterocycles. The lowest BCUT2D eigenvalue weighted by Crippen LogP contribution is -2.44. The fourth-order valence-corrected chi connectivity index (χ4v) is 3.04. The maximum Gasteiger partial charge on any atom is 0.114 e. The van der Waals surface area contributed by atoms with Crippen molar-refractivity contribution in [3.8, 4) is 0 Å². The van der Waals surface area contributed by atoms with Crippen molar-refractivity contribution in [3.63, 3.8) is 0 Å². The second kappa shape index (κ2) is 7.38. The number of rotatable bonds is 7. The number of hydrogen-bond donors (Lipinski definition) is 2. The van der Waals surface area contributed by atoms with Crippen LogP contribution in [0.4, 0.5) is 0 Å². The van der Waals surface area contributed by atoms with Crippen molar-refractivity contribution in [1.82, 2.24) is 15.3 Å². The molecular formula is C15H19N3OS. The molecule has 0 bridgehead atoms. The largest absolute Gasteiger partial charge is 0.394 e. The van der Waals surface area contributed by atoms with Gasteiger partial charge in [-0.25, -0.2) is 4.98 Å². The van der Waals surface area contributed by atoms with Crippen molar-refractivity contribution >= 4 is 11.8 Å². The smallest absolute Gasteiger partial charge is 0.114 e. The van der Waals surface area contributed by atoms with E-state index in [-0.39, 0.29) is 6.61 Å². The average molecular weight is 289 g/mol. The molecular weight excluding hydrogens is 270 g/mol. The van der Waals surface area contributed by atoms with Gasteiger partial charge in [0, 0.05) is 18.1 Å². The van der Waals surface area contributed by atoms with Crippen molar-refractivity contribution in [2.24, 2.45) is 0 Å². The molecule has 0 amide bonds. The second-order valence-corrected chi connectivity index (χ2v) is 5.61. The van der Waals surface area contributed by atoms with Crippen molar-refractivity contribution in [2.75, 3.05) is 19.4 Å². The number of thioether (sulfide) groups is 1. The van der Waals surface area contributed by atoms with E-state index < -0.39 is 5.54 Å². The molecule has 0 aliphatic heterocycles. The number of aromatic nitrogens is 2. The summed E-state index contributed by atoms with van der Waals surface area (Å²) in [6.07, 6.45) is 5.93. The van der Waals surface area contributed by atoms with Gasteiger partial charge in [-0.1, -0.05) is 30.3 Å². The molecule has 0 aliphatic rings. The Labute approximate surface area is 123 Å². The van der Waals surface area contributed by atoms with Crippen LogP contribution in [0.1, 0.15) is 12.0 Å². The number of hydrogen-bond acceptors (Lipinski definition) is 5. The van der Waals surface area contributed by atoms with Crippen molar-refractivity contribution in [1.29, 1.82) is 0 Å². The Kier molecular flexibility index (Phi) is 5.52. The molecule has 0 spiro atoms. The van der Waals surface area contributed by atoms with Crippen LogP contribution in [0.5, 0.6) is 0 Å². The van der Waals surface area contributed by atoms with Crippen molar-refractivity contribution in [3.05, 3.63) is 54.5 Å². The zero-order valence-corrected chi connectivity index (χ0v) is 12.3. The fourth-order valence-electron chi connectivity index (χ4n) is 2.11.